The van der Waals surface area contributed by atoms with Gasteiger partial charge in [-0.3, -0.25) is 4.79 Å². The van der Waals surface area contributed by atoms with Crippen LogP contribution in [-0.2, 0) is 0 Å². The van der Waals surface area contributed by atoms with Gasteiger partial charge in [0.1, 0.15) is 0 Å². The molecule has 0 unspecified atom stereocenters. The first-order valence-electron chi connectivity index (χ1n) is 8.94. The molecule has 1 saturated heterocycles. The lowest BCUT2D eigenvalue weighted by Crippen LogP contribution is -2.29. The van der Waals surface area contributed by atoms with Crippen LogP contribution in [0.15, 0.2) is 24.4 Å². The molecule has 3 heterocycles. The number of benzene rings is 1. The number of aromatic nitrogens is 4. The summed E-state index contributed by atoms with van der Waals surface area (Å²) in [4.78, 5) is 17.1. The van der Waals surface area contributed by atoms with Crippen molar-refractivity contribution >= 4 is 45.6 Å². The summed E-state index contributed by atoms with van der Waals surface area (Å²) < 4.78 is 2.89. The first-order chi connectivity index (χ1) is 12.6. The van der Waals surface area contributed by atoms with E-state index in [2.05, 4.69) is 39.8 Å². The Hall–Kier alpha value is -2.03. The largest absolute Gasteiger partial charge is 0.320 e. The Bertz CT molecular complexity index is 931. The molecule has 1 aromatic carbocycles. The summed E-state index contributed by atoms with van der Waals surface area (Å²) in [7, 11) is 0. The Morgan fingerprint density at radius 2 is 2.11 bits per heavy atom. The number of carbonyl (C=O) groups excluding carboxylic acids is 1. The zero-order chi connectivity index (χ0) is 18.1. The van der Waals surface area contributed by atoms with Crippen LogP contribution in [-0.4, -0.2) is 39.0 Å². The molecule has 0 radical (unpaired) electrons. The van der Waals surface area contributed by atoms with E-state index >= 15 is 0 Å². The normalized spacial score (nSPS) is 15.1. The molecule has 2 aromatic heterocycles. The van der Waals surface area contributed by atoms with Gasteiger partial charge >= 0.3 is 0 Å². The number of rotatable bonds is 4. The maximum atomic E-state index is 12.5. The molecular weight excluding hydrogens is 384 g/mol. The van der Waals surface area contributed by atoms with Gasteiger partial charge in [0.25, 0.3) is 5.91 Å². The van der Waals surface area contributed by atoms with Crippen molar-refractivity contribution in [1.82, 2.24) is 25.3 Å². The van der Waals surface area contributed by atoms with E-state index in [4.69, 9.17) is 0 Å². The average molecular weight is 407 g/mol. The number of nitrogens with zero attached hydrogens (tertiary/aromatic N) is 4. The summed E-state index contributed by atoms with van der Waals surface area (Å²) in [5, 5.41) is 15.5. The van der Waals surface area contributed by atoms with Crippen molar-refractivity contribution in [2.75, 3.05) is 18.4 Å². The molecule has 4 rings (SSSR count). The molecular formula is C18H23ClN6OS. The van der Waals surface area contributed by atoms with E-state index < -0.39 is 0 Å². The first-order valence-corrected chi connectivity index (χ1v) is 9.76. The minimum Gasteiger partial charge on any atom is -0.320 e. The molecule has 1 aliphatic heterocycles. The number of nitrogens with one attached hydrogen (secondary N) is 2. The first kappa shape index (κ1) is 19.7. The molecule has 1 amide bonds. The molecule has 0 saturated carbocycles. The molecule has 0 spiro atoms. The third kappa shape index (κ3) is 4.28. The Morgan fingerprint density at radius 3 is 2.85 bits per heavy atom. The van der Waals surface area contributed by atoms with Gasteiger partial charge in [0, 0.05) is 11.6 Å². The lowest BCUT2D eigenvalue weighted by molar-refractivity contribution is 0.102. The van der Waals surface area contributed by atoms with E-state index in [1.54, 1.807) is 17.5 Å². The zero-order valence-electron chi connectivity index (χ0n) is 15.3. The number of anilines is 1. The fraction of sp³-hybridized carbons (Fsp3) is 0.444. The zero-order valence-corrected chi connectivity index (χ0v) is 16.9. The van der Waals surface area contributed by atoms with Crippen LogP contribution < -0.4 is 10.6 Å². The Balaban J connectivity index is 0.00000210. The van der Waals surface area contributed by atoms with Gasteiger partial charge in [0.05, 0.1) is 27.5 Å². The molecule has 7 nitrogen and oxygen atoms in total. The fourth-order valence-corrected chi connectivity index (χ4v) is 4.10. The summed E-state index contributed by atoms with van der Waals surface area (Å²) in [5.74, 6) is 0.161. The van der Waals surface area contributed by atoms with Gasteiger partial charge in [-0.05, 0) is 44.1 Å². The van der Waals surface area contributed by atoms with Crippen molar-refractivity contribution in [2.24, 2.45) is 0 Å². The van der Waals surface area contributed by atoms with Gasteiger partial charge in [0.15, 0.2) is 5.69 Å². The highest BCUT2D eigenvalue weighted by Gasteiger charge is 2.19. The van der Waals surface area contributed by atoms with Crippen molar-refractivity contribution in [3.8, 4) is 0 Å². The van der Waals surface area contributed by atoms with E-state index in [9.17, 15) is 4.79 Å². The number of hydrogen-bond acceptors (Lipinski definition) is 6. The average Bonchev–Trinajstić information content (AvgIpc) is 3.29. The van der Waals surface area contributed by atoms with E-state index in [-0.39, 0.29) is 18.3 Å². The minimum absolute atomic E-state index is 0. The predicted octanol–water partition coefficient (Wildman–Crippen LogP) is 3.61. The number of fused-ring (bicyclic) bond motifs is 1. The lowest BCUT2D eigenvalue weighted by Gasteiger charge is -2.22. The second kappa shape index (κ2) is 8.33. The van der Waals surface area contributed by atoms with Gasteiger partial charge in [-0.2, -0.15) is 0 Å². The van der Waals surface area contributed by atoms with Crippen molar-refractivity contribution < 1.29 is 4.79 Å². The van der Waals surface area contributed by atoms with Gasteiger partial charge in [-0.15, -0.1) is 28.8 Å². The number of halogens is 1. The number of thiazole rings is 1. The summed E-state index contributed by atoms with van der Waals surface area (Å²) >= 11 is 1.66. The van der Waals surface area contributed by atoms with Crippen LogP contribution in [0.25, 0.3) is 10.2 Å². The second-order valence-corrected chi connectivity index (χ2v) is 7.97. The summed E-state index contributed by atoms with van der Waals surface area (Å²) in [6.45, 7) is 6.21. The molecule has 144 valence electrons. The molecule has 0 aliphatic carbocycles. The van der Waals surface area contributed by atoms with Crippen LogP contribution in [0.4, 0.5) is 5.69 Å². The van der Waals surface area contributed by atoms with Crippen LogP contribution in [0.2, 0.25) is 0 Å². The topological polar surface area (TPSA) is 84.7 Å². The molecule has 2 N–H and O–H groups in total. The lowest BCUT2D eigenvalue weighted by atomic mass is 10.1. The van der Waals surface area contributed by atoms with Crippen LogP contribution in [0, 0.1) is 0 Å². The van der Waals surface area contributed by atoms with Crippen LogP contribution >= 0.6 is 23.7 Å². The van der Waals surface area contributed by atoms with E-state index in [1.807, 2.05) is 22.9 Å². The molecule has 0 atom stereocenters. The van der Waals surface area contributed by atoms with Crippen molar-refractivity contribution in [3.05, 3.63) is 35.1 Å². The standard InChI is InChI=1S/C18H22N6OS.ClH/c1-11(2)18-21-14-4-3-12(9-16(14)26-18)20-17(25)15-10-24(23-22-15)13-5-7-19-8-6-13;/h3-4,9-11,13,19H,5-8H2,1-2H3,(H,20,25);1H. The smallest absolute Gasteiger partial charge is 0.277 e. The monoisotopic (exact) mass is 406 g/mol. The summed E-state index contributed by atoms with van der Waals surface area (Å²) in [5.41, 5.74) is 2.06. The second-order valence-electron chi connectivity index (χ2n) is 6.91. The number of piperidine rings is 1. The maximum Gasteiger partial charge on any atom is 0.277 e. The summed E-state index contributed by atoms with van der Waals surface area (Å²) in [6.07, 6.45) is 3.75. The highest BCUT2D eigenvalue weighted by atomic mass is 35.5. The van der Waals surface area contributed by atoms with Crippen LogP contribution in [0.3, 0.4) is 0 Å². The van der Waals surface area contributed by atoms with Gasteiger partial charge in [0.2, 0.25) is 0 Å². The van der Waals surface area contributed by atoms with Crippen molar-refractivity contribution in [3.63, 3.8) is 0 Å². The third-order valence-electron chi connectivity index (χ3n) is 4.58. The predicted molar refractivity (Wildman–Crippen MR) is 110 cm³/mol. The number of hydrogen-bond donors (Lipinski definition) is 2. The van der Waals surface area contributed by atoms with Crippen LogP contribution in [0.1, 0.15) is 54.1 Å². The van der Waals surface area contributed by atoms with Crippen LogP contribution in [0.5, 0.6) is 0 Å². The maximum absolute atomic E-state index is 12.5. The van der Waals surface area contributed by atoms with Crippen molar-refractivity contribution in [1.29, 1.82) is 0 Å². The highest BCUT2D eigenvalue weighted by molar-refractivity contribution is 7.18. The van der Waals surface area contributed by atoms with Gasteiger partial charge in [-0.1, -0.05) is 19.1 Å². The molecule has 27 heavy (non-hydrogen) atoms. The molecule has 3 aromatic rings. The minimum atomic E-state index is -0.238. The molecule has 1 fully saturated rings. The number of carbonyl (C=O) groups is 1. The Morgan fingerprint density at radius 1 is 1.33 bits per heavy atom. The highest BCUT2D eigenvalue weighted by Crippen LogP contribution is 2.29. The third-order valence-corrected chi connectivity index (χ3v) is 5.90. The Kier molecular flexibility index (Phi) is 6.08. The molecule has 0 bridgehead atoms. The van der Waals surface area contributed by atoms with E-state index in [1.165, 1.54) is 0 Å². The number of amides is 1. The SMILES string of the molecule is CC(C)c1nc2ccc(NC(=O)c3cn(C4CCNCC4)nn3)cc2s1.Cl. The quantitative estimate of drug-likeness (QED) is 0.691. The summed E-state index contributed by atoms with van der Waals surface area (Å²) in [6, 6.07) is 6.10. The van der Waals surface area contributed by atoms with E-state index in [0.29, 0.717) is 17.7 Å². The molecule has 9 heteroatoms. The van der Waals surface area contributed by atoms with Gasteiger partial charge < -0.3 is 10.6 Å². The van der Waals surface area contributed by atoms with Gasteiger partial charge in [-0.25, -0.2) is 9.67 Å². The van der Waals surface area contributed by atoms with E-state index in [0.717, 1.165) is 46.8 Å². The Labute approximate surface area is 168 Å². The molecule has 1 aliphatic rings. The fourth-order valence-electron chi connectivity index (χ4n) is 3.09. The van der Waals surface area contributed by atoms with Crippen molar-refractivity contribution in [2.45, 2.75) is 38.6 Å².